The molecule has 0 atom stereocenters. The molecule has 1 amide bonds. The molecule has 10 nitrogen and oxygen atoms in total. The molecular formula is C24H23F4N7O3S. The first-order valence-electron chi connectivity index (χ1n) is 11.9. The van der Waals surface area contributed by atoms with Crippen molar-refractivity contribution in [3.8, 4) is 11.3 Å². The van der Waals surface area contributed by atoms with Gasteiger partial charge in [-0.05, 0) is 36.6 Å². The number of aryl methyl sites for hydroxylation is 2. The molecule has 15 heteroatoms. The molecule has 0 aliphatic carbocycles. The highest BCUT2D eigenvalue weighted by Crippen LogP contribution is 2.31. The minimum absolute atomic E-state index is 0.0234. The zero-order chi connectivity index (χ0) is 28.1. The summed E-state index contributed by atoms with van der Waals surface area (Å²) in [5.41, 5.74) is -2.91. The quantitative estimate of drug-likeness (QED) is 0.359. The number of amides is 1. The number of fused-ring (bicyclic) bond motifs is 2. The third-order valence-electron chi connectivity index (χ3n) is 6.39. The van der Waals surface area contributed by atoms with Gasteiger partial charge in [0, 0.05) is 43.8 Å². The summed E-state index contributed by atoms with van der Waals surface area (Å²) >= 11 is 0. The van der Waals surface area contributed by atoms with Gasteiger partial charge in [0.05, 0.1) is 17.9 Å². The van der Waals surface area contributed by atoms with E-state index in [0.29, 0.717) is 33.5 Å². The van der Waals surface area contributed by atoms with Crippen LogP contribution in [0.2, 0.25) is 0 Å². The molecule has 0 saturated carbocycles. The van der Waals surface area contributed by atoms with Gasteiger partial charge >= 0.3 is 15.5 Å². The Kier molecular flexibility index (Phi) is 6.66. The number of carbonyl (C=O) groups excluding carboxylic acids is 1. The molecule has 1 N–H and O–H groups in total. The number of nitrogens with zero attached hydrogens (tertiary/aromatic N) is 6. The van der Waals surface area contributed by atoms with Crippen LogP contribution in [-0.4, -0.2) is 54.6 Å². The Labute approximate surface area is 220 Å². The molecule has 0 saturated heterocycles. The Morgan fingerprint density at radius 2 is 1.92 bits per heavy atom. The number of carbonyl (C=O) groups is 1. The number of hydrogen-bond acceptors (Lipinski definition) is 6. The summed E-state index contributed by atoms with van der Waals surface area (Å²) in [6.45, 7) is 2.73. The van der Waals surface area contributed by atoms with E-state index in [4.69, 9.17) is 0 Å². The van der Waals surface area contributed by atoms with Crippen LogP contribution in [0.15, 0.2) is 36.8 Å². The second kappa shape index (κ2) is 9.72. The van der Waals surface area contributed by atoms with Crippen LogP contribution in [0.4, 0.5) is 17.6 Å². The van der Waals surface area contributed by atoms with Gasteiger partial charge in [-0.3, -0.25) is 9.20 Å². The van der Waals surface area contributed by atoms with Gasteiger partial charge in [-0.15, -0.1) is 0 Å². The fourth-order valence-corrected chi connectivity index (χ4v) is 5.32. The van der Waals surface area contributed by atoms with Crippen LogP contribution in [0.25, 0.3) is 17.0 Å². The monoisotopic (exact) mass is 565 g/mol. The van der Waals surface area contributed by atoms with Gasteiger partial charge in [-0.2, -0.15) is 17.5 Å². The smallest absolute Gasteiger partial charge is 0.347 e. The fraction of sp³-hybridized carbons (Fsp3) is 0.333. The summed E-state index contributed by atoms with van der Waals surface area (Å²) in [7, 11) is -5.50. The first-order chi connectivity index (χ1) is 18.4. The van der Waals surface area contributed by atoms with Crippen LogP contribution in [0, 0.1) is 12.7 Å². The van der Waals surface area contributed by atoms with E-state index in [-0.39, 0.29) is 36.7 Å². The van der Waals surface area contributed by atoms with Crippen molar-refractivity contribution >= 4 is 21.7 Å². The standard InChI is InChI=1S/C24H23F4N7O3S/c1-3-18-21(35-11-14(2)9-30-23(35)32-18)22(36)29-10-15-4-5-16(17(25)8-15)19-12-33-6-7-34(13-20(33)31-19)39(37,38)24(26,27)28/h4-5,8-9,11-12H,3,6-7,10,13H2,1-2H3,(H,29,36). The van der Waals surface area contributed by atoms with Crippen molar-refractivity contribution in [3.63, 3.8) is 0 Å². The number of hydrogen-bond donors (Lipinski definition) is 1. The molecule has 0 radical (unpaired) electrons. The minimum Gasteiger partial charge on any atom is -0.347 e. The van der Waals surface area contributed by atoms with Crippen molar-refractivity contribution in [2.75, 3.05) is 6.54 Å². The van der Waals surface area contributed by atoms with Crippen molar-refractivity contribution in [1.29, 1.82) is 0 Å². The van der Waals surface area contributed by atoms with Gasteiger partial charge in [-0.25, -0.2) is 27.8 Å². The zero-order valence-electron chi connectivity index (χ0n) is 20.8. The van der Waals surface area contributed by atoms with Crippen LogP contribution < -0.4 is 5.32 Å². The van der Waals surface area contributed by atoms with Crippen molar-refractivity contribution in [2.45, 2.75) is 45.4 Å². The molecule has 1 aliphatic heterocycles. The molecule has 1 aromatic carbocycles. The third-order valence-corrected chi connectivity index (χ3v) is 7.97. The van der Waals surface area contributed by atoms with E-state index >= 15 is 4.39 Å². The largest absolute Gasteiger partial charge is 0.511 e. The maximum absolute atomic E-state index is 15.1. The lowest BCUT2D eigenvalue weighted by molar-refractivity contribution is -0.0496. The maximum atomic E-state index is 15.1. The average Bonchev–Trinajstić information content (AvgIpc) is 3.47. The summed E-state index contributed by atoms with van der Waals surface area (Å²) in [5, 5.41) is 2.78. The normalized spacial score (nSPS) is 14.5. The molecule has 5 rings (SSSR count). The summed E-state index contributed by atoms with van der Waals surface area (Å²) in [6, 6.07) is 4.28. The van der Waals surface area contributed by atoms with Crippen LogP contribution in [-0.2, 0) is 36.1 Å². The lowest BCUT2D eigenvalue weighted by atomic mass is 10.1. The van der Waals surface area contributed by atoms with Crippen LogP contribution in [0.5, 0.6) is 0 Å². The highest BCUT2D eigenvalue weighted by molar-refractivity contribution is 7.89. The summed E-state index contributed by atoms with van der Waals surface area (Å²) in [4.78, 5) is 25.8. The Morgan fingerprint density at radius 3 is 2.62 bits per heavy atom. The van der Waals surface area contributed by atoms with E-state index in [1.54, 1.807) is 22.9 Å². The summed E-state index contributed by atoms with van der Waals surface area (Å²) < 4.78 is 80.8. The number of halogens is 4. The second-order valence-corrected chi connectivity index (χ2v) is 11.0. The lowest BCUT2D eigenvalue weighted by Gasteiger charge is -2.27. The Balaban J connectivity index is 1.32. The Bertz CT molecular complexity index is 1700. The van der Waals surface area contributed by atoms with E-state index < -0.39 is 33.8 Å². The van der Waals surface area contributed by atoms with Crippen LogP contribution in [0.3, 0.4) is 0 Å². The summed E-state index contributed by atoms with van der Waals surface area (Å²) in [6.07, 6.45) is 5.41. The number of imidazole rings is 2. The number of rotatable bonds is 6. The summed E-state index contributed by atoms with van der Waals surface area (Å²) in [5.74, 6) is -0.568. The van der Waals surface area contributed by atoms with Crippen molar-refractivity contribution in [3.05, 3.63) is 70.9 Å². The lowest BCUT2D eigenvalue weighted by Crippen LogP contribution is -2.44. The van der Waals surface area contributed by atoms with Gasteiger partial charge in [0.2, 0.25) is 5.78 Å². The Morgan fingerprint density at radius 1 is 1.15 bits per heavy atom. The van der Waals surface area contributed by atoms with Gasteiger partial charge in [-0.1, -0.05) is 13.0 Å². The van der Waals surface area contributed by atoms with E-state index in [9.17, 15) is 26.4 Å². The molecule has 4 heterocycles. The predicted molar refractivity (Wildman–Crippen MR) is 131 cm³/mol. The molecule has 0 fully saturated rings. The van der Waals surface area contributed by atoms with Gasteiger partial charge in [0.15, 0.2) is 0 Å². The number of alkyl halides is 3. The topological polar surface area (TPSA) is 114 Å². The predicted octanol–water partition coefficient (Wildman–Crippen LogP) is 3.20. The maximum Gasteiger partial charge on any atom is 0.511 e. The fourth-order valence-electron chi connectivity index (χ4n) is 4.42. The number of benzene rings is 1. The second-order valence-electron chi connectivity index (χ2n) is 9.08. The van der Waals surface area contributed by atoms with E-state index in [2.05, 4.69) is 20.3 Å². The van der Waals surface area contributed by atoms with Gasteiger partial charge < -0.3 is 9.88 Å². The number of sulfonamides is 1. The van der Waals surface area contributed by atoms with Crippen LogP contribution in [0.1, 0.15) is 40.1 Å². The first kappa shape index (κ1) is 26.7. The molecule has 1 aliphatic rings. The molecule has 0 unspecified atom stereocenters. The highest BCUT2D eigenvalue weighted by Gasteiger charge is 2.50. The van der Waals surface area contributed by atoms with Crippen molar-refractivity contribution in [2.24, 2.45) is 0 Å². The van der Waals surface area contributed by atoms with E-state index in [1.165, 1.54) is 22.9 Å². The van der Waals surface area contributed by atoms with Crippen molar-refractivity contribution < 1.29 is 30.8 Å². The van der Waals surface area contributed by atoms with Crippen LogP contribution >= 0.6 is 0 Å². The molecule has 0 spiro atoms. The number of aromatic nitrogens is 5. The molecule has 0 bridgehead atoms. The third kappa shape index (κ3) is 4.87. The Hall–Kier alpha value is -3.85. The van der Waals surface area contributed by atoms with E-state index in [0.717, 1.165) is 5.56 Å². The van der Waals surface area contributed by atoms with Crippen molar-refractivity contribution in [1.82, 2.24) is 33.5 Å². The zero-order valence-corrected chi connectivity index (χ0v) is 21.6. The molecule has 206 valence electrons. The minimum atomic E-state index is -5.50. The average molecular weight is 566 g/mol. The van der Waals surface area contributed by atoms with Gasteiger partial charge in [0.1, 0.15) is 17.3 Å². The van der Waals surface area contributed by atoms with Gasteiger partial charge in [0.25, 0.3) is 5.91 Å². The first-order valence-corrected chi connectivity index (χ1v) is 13.4. The highest BCUT2D eigenvalue weighted by atomic mass is 32.2. The molecular weight excluding hydrogens is 542 g/mol. The molecule has 3 aromatic heterocycles. The molecule has 4 aromatic rings. The SMILES string of the molecule is CCc1nc2ncc(C)cn2c1C(=O)NCc1ccc(-c2cn3c(n2)CN(S(=O)(=O)C(F)(F)F)CC3)c(F)c1. The molecule has 39 heavy (non-hydrogen) atoms. The number of nitrogens with one attached hydrogen (secondary N) is 1. The van der Waals surface area contributed by atoms with E-state index in [1.807, 2.05) is 13.8 Å².